The number of aromatic nitrogens is 3. The summed E-state index contributed by atoms with van der Waals surface area (Å²) in [6.07, 6.45) is 3.73. The van der Waals surface area contributed by atoms with Crippen molar-refractivity contribution in [3.05, 3.63) is 48.3 Å². The van der Waals surface area contributed by atoms with E-state index in [-0.39, 0.29) is 5.91 Å². The fraction of sp³-hybridized carbons (Fsp3) is 0.381. The third kappa shape index (κ3) is 4.38. The van der Waals surface area contributed by atoms with Gasteiger partial charge in [0.05, 0.1) is 19.4 Å². The molecule has 3 aromatic rings. The maximum atomic E-state index is 12.5. The fourth-order valence-corrected chi connectivity index (χ4v) is 3.34. The van der Waals surface area contributed by atoms with E-state index in [1.54, 1.807) is 10.7 Å². The van der Waals surface area contributed by atoms with Gasteiger partial charge < -0.3 is 19.9 Å². The highest BCUT2D eigenvalue weighted by Gasteiger charge is 2.15. The highest BCUT2D eigenvalue weighted by atomic mass is 16.5. The van der Waals surface area contributed by atoms with E-state index >= 15 is 0 Å². The van der Waals surface area contributed by atoms with E-state index in [1.807, 2.05) is 36.5 Å². The lowest BCUT2D eigenvalue weighted by molar-refractivity contribution is 0.0919. The number of amides is 1. The molecule has 29 heavy (non-hydrogen) atoms. The number of carbonyl (C=O) groups is 1. The summed E-state index contributed by atoms with van der Waals surface area (Å²) >= 11 is 0. The van der Waals surface area contributed by atoms with Crippen LogP contribution >= 0.6 is 0 Å². The number of rotatable bonds is 3. The van der Waals surface area contributed by atoms with Crippen LogP contribution in [-0.4, -0.2) is 78.9 Å². The Morgan fingerprint density at radius 3 is 2.93 bits per heavy atom. The van der Waals surface area contributed by atoms with E-state index < -0.39 is 0 Å². The molecule has 0 radical (unpaired) electrons. The van der Waals surface area contributed by atoms with E-state index in [9.17, 15) is 4.79 Å². The van der Waals surface area contributed by atoms with Gasteiger partial charge in [-0.05, 0) is 37.9 Å². The third-order valence-electron chi connectivity index (χ3n) is 4.97. The van der Waals surface area contributed by atoms with Crippen molar-refractivity contribution in [1.29, 1.82) is 0 Å². The molecule has 1 aliphatic rings. The molecule has 8 heteroatoms. The maximum Gasteiger partial charge on any atom is 0.251 e. The van der Waals surface area contributed by atoms with E-state index in [0.717, 1.165) is 42.2 Å². The van der Waals surface area contributed by atoms with Gasteiger partial charge in [0.2, 0.25) is 0 Å². The third-order valence-corrected chi connectivity index (χ3v) is 4.97. The Morgan fingerprint density at radius 2 is 2.07 bits per heavy atom. The van der Waals surface area contributed by atoms with Gasteiger partial charge in [-0.25, -0.2) is 9.50 Å². The smallest absolute Gasteiger partial charge is 0.251 e. The van der Waals surface area contributed by atoms with Crippen molar-refractivity contribution < 1.29 is 9.53 Å². The predicted molar refractivity (Wildman–Crippen MR) is 112 cm³/mol. The van der Waals surface area contributed by atoms with Crippen LogP contribution in [0.25, 0.3) is 16.8 Å². The Labute approximate surface area is 170 Å². The molecule has 4 bridgehead atoms. The molecule has 1 N–H and O–H groups in total. The standard InChI is InChI=1S/C21H26N6O2/c1-25(2)9-10-26-11-13-29-12-7-22-21(28)17-5-3-4-16(14-17)18-15-23-27-8-6-19(26)24-20(18)27/h3-6,8,14-15H,7,9-13H2,1-2H3,(H,22,28). The highest BCUT2D eigenvalue weighted by molar-refractivity contribution is 5.96. The largest absolute Gasteiger partial charge is 0.378 e. The first-order valence-corrected chi connectivity index (χ1v) is 9.82. The second kappa shape index (κ2) is 8.59. The Morgan fingerprint density at radius 1 is 1.21 bits per heavy atom. The molecule has 1 aliphatic heterocycles. The van der Waals surface area contributed by atoms with Crippen molar-refractivity contribution in [3.8, 4) is 11.1 Å². The summed E-state index contributed by atoms with van der Waals surface area (Å²) in [5.74, 6) is 0.785. The summed E-state index contributed by atoms with van der Waals surface area (Å²) in [5, 5.41) is 7.36. The van der Waals surface area contributed by atoms with Crippen molar-refractivity contribution in [2.24, 2.45) is 0 Å². The quantitative estimate of drug-likeness (QED) is 0.726. The van der Waals surface area contributed by atoms with E-state index in [4.69, 9.17) is 9.72 Å². The van der Waals surface area contributed by atoms with Crippen molar-refractivity contribution in [2.75, 3.05) is 58.4 Å². The van der Waals surface area contributed by atoms with Crippen molar-refractivity contribution in [2.45, 2.75) is 0 Å². The van der Waals surface area contributed by atoms with Crippen molar-refractivity contribution >= 4 is 17.4 Å². The first-order valence-electron chi connectivity index (χ1n) is 9.82. The molecule has 4 rings (SSSR count). The number of ether oxygens (including phenoxy) is 1. The number of benzene rings is 1. The number of anilines is 1. The van der Waals surface area contributed by atoms with Crippen LogP contribution in [0, 0.1) is 0 Å². The first-order chi connectivity index (χ1) is 14.1. The number of hydrogen-bond acceptors (Lipinski definition) is 6. The molecule has 2 aromatic heterocycles. The van der Waals surface area contributed by atoms with Crippen LogP contribution in [0.15, 0.2) is 42.7 Å². The van der Waals surface area contributed by atoms with Crippen LogP contribution in [-0.2, 0) is 4.74 Å². The summed E-state index contributed by atoms with van der Waals surface area (Å²) in [6.45, 7) is 4.00. The molecule has 0 spiro atoms. The molecular formula is C21H26N6O2. The Hall–Kier alpha value is -2.97. The van der Waals surface area contributed by atoms with Gasteiger partial charge in [0.1, 0.15) is 5.82 Å². The molecule has 1 aromatic carbocycles. The Bertz CT molecular complexity index is 1000. The van der Waals surface area contributed by atoms with Gasteiger partial charge >= 0.3 is 0 Å². The number of carbonyl (C=O) groups excluding carboxylic acids is 1. The lowest BCUT2D eigenvalue weighted by Crippen LogP contribution is -2.35. The topological polar surface area (TPSA) is 75.0 Å². The van der Waals surface area contributed by atoms with Crippen LogP contribution in [0.2, 0.25) is 0 Å². The second-order valence-corrected chi connectivity index (χ2v) is 7.35. The van der Waals surface area contributed by atoms with Crippen LogP contribution < -0.4 is 10.2 Å². The van der Waals surface area contributed by atoms with Crippen molar-refractivity contribution in [3.63, 3.8) is 0 Å². The SMILES string of the molecule is CN(C)CCN1CCOCCNC(=O)c2cccc(c2)-c2cnn3ccc1nc23. The predicted octanol–water partition coefficient (Wildman–Crippen LogP) is 1.52. The van der Waals surface area contributed by atoms with E-state index in [1.165, 1.54) is 0 Å². The minimum atomic E-state index is -0.108. The Kier molecular flexibility index (Phi) is 5.73. The summed E-state index contributed by atoms with van der Waals surface area (Å²) in [4.78, 5) is 21.7. The lowest BCUT2D eigenvalue weighted by Gasteiger charge is -2.25. The molecule has 0 saturated heterocycles. The summed E-state index contributed by atoms with van der Waals surface area (Å²) in [6, 6.07) is 9.54. The lowest BCUT2D eigenvalue weighted by atomic mass is 10.1. The second-order valence-electron chi connectivity index (χ2n) is 7.35. The fourth-order valence-electron chi connectivity index (χ4n) is 3.34. The molecule has 8 nitrogen and oxygen atoms in total. The van der Waals surface area contributed by atoms with Crippen LogP contribution in [0.5, 0.6) is 0 Å². The molecule has 1 amide bonds. The average molecular weight is 394 g/mol. The summed E-state index contributed by atoms with van der Waals surface area (Å²) in [5.41, 5.74) is 3.20. The molecule has 3 heterocycles. The van der Waals surface area contributed by atoms with E-state index in [2.05, 4.69) is 34.3 Å². The monoisotopic (exact) mass is 394 g/mol. The maximum absolute atomic E-state index is 12.5. The molecule has 0 fully saturated rings. The van der Waals surface area contributed by atoms with Gasteiger partial charge in [0.15, 0.2) is 5.65 Å². The van der Waals surface area contributed by atoms with E-state index in [0.29, 0.717) is 25.3 Å². The van der Waals surface area contributed by atoms with Gasteiger partial charge in [-0.3, -0.25) is 4.79 Å². The van der Waals surface area contributed by atoms with Gasteiger partial charge in [-0.2, -0.15) is 5.10 Å². The minimum absolute atomic E-state index is 0.108. The molecule has 152 valence electrons. The molecule has 0 unspecified atom stereocenters. The molecule has 0 saturated carbocycles. The number of hydrogen-bond donors (Lipinski definition) is 1. The van der Waals surface area contributed by atoms with Crippen LogP contribution in [0.1, 0.15) is 10.4 Å². The molecule has 0 aliphatic carbocycles. The van der Waals surface area contributed by atoms with Crippen molar-refractivity contribution in [1.82, 2.24) is 24.8 Å². The normalized spacial score (nSPS) is 15.4. The van der Waals surface area contributed by atoms with Gasteiger partial charge in [-0.1, -0.05) is 12.1 Å². The van der Waals surface area contributed by atoms with Gasteiger partial charge in [0.25, 0.3) is 5.91 Å². The van der Waals surface area contributed by atoms with Crippen LogP contribution in [0.3, 0.4) is 0 Å². The summed E-state index contributed by atoms with van der Waals surface area (Å²) < 4.78 is 7.51. The zero-order valence-electron chi connectivity index (χ0n) is 16.8. The minimum Gasteiger partial charge on any atom is -0.378 e. The Balaban J connectivity index is 1.77. The first kappa shape index (κ1) is 19.4. The highest BCUT2D eigenvalue weighted by Crippen LogP contribution is 2.26. The number of fused-ring (bicyclic) bond motifs is 4. The van der Waals surface area contributed by atoms with Crippen LogP contribution in [0.4, 0.5) is 5.82 Å². The molecule has 0 atom stereocenters. The number of nitrogens with one attached hydrogen (secondary N) is 1. The zero-order valence-corrected chi connectivity index (χ0v) is 16.8. The molecular weight excluding hydrogens is 368 g/mol. The number of nitrogens with zero attached hydrogens (tertiary/aromatic N) is 5. The number of likely N-dealkylation sites (N-methyl/N-ethyl adjacent to an activating group) is 1. The average Bonchev–Trinajstić information content (AvgIpc) is 3.15. The zero-order chi connectivity index (χ0) is 20.2. The van der Waals surface area contributed by atoms with Gasteiger partial charge in [-0.15, -0.1) is 0 Å². The summed E-state index contributed by atoms with van der Waals surface area (Å²) in [7, 11) is 4.12. The van der Waals surface area contributed by atoms with Gasteiger partial charge in [0, 0.05) is 43.5 Å².